The summed E-state index contributed by atoms with van der Waals surface area (Å²) in [5, 5.41) is 4.67. The Morgan fingerprint density at radius 1 is 0.500 bits per heavy atom. The highest BCUT2D eigenvalue weighted by molar-refractivity contribution is 14.1. The minimum Gasteiger partial charge on any atom is -0.439 e. The molecule has 0 bridgehead atoms. The third kappa shape index (κ3) is 3.67. The fraction of sp³-hybridized carbons (Fsp3) is 0. The summed E-state index contributed by atoms with van der Waals surface area (Å²) in [6, 6.07) is 43.5. The zero-order valence-corrected chi connectivity index (χ0v) is 23.4. The standard InChI is InChI=1S/C34H21IN4O/c35-22-17-19-23(20-18-22)40-33-21-32(38-28-13-5-1-9-24(28)25-10-2-6-14-29(25)38)36-34(37-33)39-30-15-7-3-11-26(30)27-12-4-8-16-31(27)39/h1-21H. The van der Waals surface area contributed by atoms with Crippen molar-refractivity contribution in [3.63, 3.8) is 0 Å². The van der Waals surface area contributed by atoms with E-state index in [1.165, 1.54) is 10.8 Å². The first-order chi connectivity index (χ1) is 19.7. The number of fused-ring (bicyclic) bond motifs is 6. The van der Waals surface area contributed by atoms with Crippen molar-refractivity contribution < 1.29 is 4.74 Å². The van der Waals surface area contributed by atoms with Crippen molar-refractivity contribution in [1.29, 1.82) is 0 Å². The third-order valence-electron chi connectivity index (χ3n) is 7.30. The van der Waals surface area contributed by atoms with Crippen LogP contribution in [0.4, 0.5) is 0 Å². The molecular formula is C34H21IN4O. The number of hydrogen-bond donors (Lipinski definition) is 0. The van der Waals surface area contributed by atoms with E-state index >= 15 is 0 Å². The highest BCUT2D eigenvalue weighted by Gasteiger charge is 2.19. The van der Waals surface area contributed by atoms with Crippen LogP contribution in [0.3, 0.4) is 0 Å². The first-order valence-corrected chi connectivity index (χ1v) is 14.1. The Morgan fingerprint density at radius 2 is 0.950 bits per heavy atom. The van der Waals surface area contributed by atoms with Crippen LogP contribution in [0.25, 0.3) is 55.4 Å². The molecule has 190 valence electrons. The third-order valence-corrected chi connectivity index (χ3v) is 8.02. The molecule has 0 saturated heterocycles. The van der Waals surface area contributed by atoms with Crippen molar-refractivity contribution in [2.75, 3.05) is 0 Å². The van der Waals surface area contributed by atoms with Gasteiger partial charge in [-0.1, -0.05) is 72.8 Å². The summed E-state index contributed by atoms with van der Waals surface area (Å²) in [6.07, 6.45) is 0. The van der Waals surface area contributed by atoms with Crippen molar-refractivity contribution >= 4 is 66.2 Å². The SMILES string of the molecule is Ic1ccc(Oc2cc(-n3c4ccccc4c4ccccc43)nc(-n3c4ccccc4c4ccccc43)n2)cc1. The Kier molecular flexibility index (Phi) is 5.34. The summed E-state index contributed by atoms with van der Waals surface area (Å²) in [4.78, 5) is 10.2. The molecule has 0 amide bonds. The van der Waals surface area contributed by atoms with E-state index in [4.69, 9.17) is 14.7 Å². The number of nitrogens with zero attached hydrogens (tertiary/aromatic N) is 4. The van der Waals surface area contributed by atoms with Crippen molar-refractivity contribution in [2.45, 2.75) is 0 Å². The Bertz CT molecular complexity index is 1970. The first kappa shape index (κ1) is 23.2. The molecule has 0 radical (unpaired) electrons. The molecule has 0 N–H and O–H groups in total. The molecule has 6 heteroatoms. The second-order valence-corrected chi connectivity index (χ2v) is 10.9. The summed E-state index contributed by atoms with van der Waals surface area (Å²) in [6.45, 7) is 0. The summed E-state index contributed by atoms with van der Waals surface area (Å²) in [7, 11) is 0. The Balaban J connectivity index is 1.44. The minimum atomic E-state index is 0.477. The number of aromatic nitrogens is 4. The molecule has 0 spiro atoms. The normalized spacial score (nSPS) is 11.6. The molecule has 8 aromatic rings. The molecule has 8 rings (SSSR count). The molecule has 0 aliphatic rings. The molecule has 40 heavy (non-hydrogen) atoms. The summed E-state index contributed by atoms with van der Waals surface area (Å²) < 4.78 is 11.8. The fourth-order valence-corrected chi connectivity index (χ4v) is 5.96. The summed E-state index contributed by atoms with van der Waals surface area (Å²) >= 11 is 2.30. The fourth-order valence-electron chi connectivity index (χ4n) is 5.60. The van der Waals surface area contributed by atoms with Crippen LogP contribution in [0.5, 0.6) is 11.6 Å². The van der Waals surface area contributed by atoms with Gasteiger partial charge in [-0.25, -0.2) is 0 Å². The van der Waals surface area contributed by atoms with Gasteiger partial charge in [0.1, 0.15) is 11.6 Å². The summed E-state index contributed by atoms with van der Waals surface area (Å²) in [5.41, 5.74) is 4.25. The van der Waals surface area contributed by atoms with Crippen LogP contribution in [0.2, 0.25) is 0 Å². The highest BCUT2D eigenvalue weighted by atomic mass is 127. The molecule has 5 nitrogen and oxygen atoms in total. The monoisotopic (exact) mass is 628 g/mol. The second kappa shape index (κ2) is 9.20. The zero-order valence-electron chi connectivity index (χ0n) is 21.2. The van der Waals surface area contributed by atoms with Crippen LogP contribution in [0.1, 0.15) is 0 Å². The molecule has 3 heterocycles. The van der Waals surface area contributed by atoms with Gasteiger partial charge in [0, 0.05) is 31.2 Å². The smallest absolute Gasteiger partial charge is 0.239 e. The lowest BCUT2D eigenvalue weighted by Gasteiger charge is -2.13. The van der Waals surface area contributed by atoms with E-state index in [-0.39, 0.29) is 0 Å². The minimum absolute atomic E-state index is 0.477. The lowest BCUT2D eigenvalue weighted by Crippen LogP contribution is -2.07. The van der Waals surface area contributed by atoms with Gasteiger partial charge in [-0.05, 0) is 71.1 Å². The van der Waals surface area contributed by atoms with Crippen LogP contribution in [-0.4, -0.2) is 19.1 Å². The highest BCUT2D eigenvalue weighted by Crippen LogP contribution is 2.35. The summed E-state index contributed by atoms with van der Waals surface area (Å²) in [5.74, 6) is 2.49. The molecular weight excluding hydrogens is 607 g/mol. The lowest BCUT2D eigenvalue weighted by atomic mass is 10.2. The van der Waals surface area contributed by atoms with Crippen molar-refractivity contribution in [2.24, 2.45) is 0 Å². The van der Waals surface area contributed by atoms with Crippen molar-refractivity contribution in [1.82, 2.24) is 19.1 Å². The number of benzene rings is 5. The van der Waals surface area contributed by atoms with Crippen LogP contribution in [0.15, 0.2) is 127 Å². The van der Waals surface area contributed by atoms with Gasteiger partial charge in [-0.3, -0.25) is 9.13 Å². The molecule has 0 fully saturated rings. The van der Waals surface area contributed by atoms with Gasteiger partial charge >= 0.3 is 0 Å². The van der Waals surface area contributed by atoms with Crippen LogP contribution in [0, 0.1) is 3.57 Å². The average Bonchev–Trinajstić information content (AvgIpc) is 3.51. The quantitative estimate of drug-likeness (QED) is 0.183. The van der Waals surface area contributed by atoms with Gasteiger partial charge in [0.15, 0.2) is 0 Å². The molecule has 0 unspecified atom stereocenters. The van der Waals surface area contributed by atoms with Gasteiger partial charge < -0.3 is 4.74 Å². The van der Waals surface area contributed by atoms with Crippen LogP contribution < -0.4 is 4.74 Å². The van der Waals surface area contributed by atoms with E-state index < -0.39 is 0 Å². The molecule has 0 saturated carbocycles. The predicted molar refractivity (Wildman–Crippen MR) is 170 cm³/mol. The van der Waals surface area contributed by atoms with E-state index in [2.05, 4.69) is 129 Å². The average molecular weight is 628 g/mol. The van der Waals surface area contributed by atoms with E-state index in [1.54, 1.807) is 0 Å². The number of rotatable bonds is 4. The van der Waals surface area contributed by atoms with E-state index in [0.717, 1.165) is 48.0 Å². The predicted octanol–water partition coefficient (Wildman–Crippen LogP) is 9.07. The van der Waals surface area contributed by atoms with Crippen molar-refractivity contribution in [3.8, 4) is 23.4 Å². The van der Waals surface area contributed by atoms with Gasteiger partial charge in [0.25, 0.3) is 0 Å². The van der Waals surface area contributed by atoms with Gasteiger partial charge in [0.05, 0.1) is 22.1 Å². The lowest BCUT2D eigenvalue weighted by molar-refractivity contribution is 0.460. The molecule has 5 aromatic carbocycles. The maximum Gasteiger partial charge on any atom is 0.239 e. The molecule has 3 aromatic heterocycles. The number of ether oxygens (including phenoxy) is 1. The van der Waals surface area contributed by atoms with E-state index in [0.29, 0.717) is 11.8 Å². The Morgan fingerprint density at radius 3 is 1.45 bits per heavy atom. The maximum absolute atomic E-state index is 6.38. The van der Waals surface area contributed by atoms with Gasteiger partial charge in [-0.2, -0.15) is 9.97 Å². The Hall–Kier alpha value is -4.69. The number of hydrogen-bond acceptors (Lipinski definition) is 3. The largest absolute Gasteiger partial charge is 0.439 e. The van der Waals surface area contributed by atoms with E-state index in [1.807, 2.05) is 30.3 Å². The number of para-hydroxylation sites is 4. The molecule has 0 aliphatic carbocycles. The van der Waals surface area contributed by atoms with Crippen LogP contribution in [-0.2, 0) is 0 Å². The molecule has 0 atom stereocenters. The van der Waals surface area contributed by atoms with Gasteiger partial charge in [-0.15, -0.1) is 0 Å². The maximum atomic E-state index is 6.38. The zero-order chi connectivity index (χ0) is 26.6. The van der Waals surface area contributed by atoms with E-state index in [9.17, 15) is 0 Å². The first-order valence-electron chi connectivity index (χ1n) is 13.0. The second-order valence-electron chi connectivity index (χ2n) is 9.66. The molecule has 0 aliphatic heterocycles. The number of halogens is 1. The van der Waals surface area contributed by atoms with Crippen LogP contribution >= 0.6 is 22.6 Å². The van der Waals surface area contributed by atoms with Crippen molar-refractivity contribution in [3.05, 3.63) is 131 Å². The van der Waals surface area contributed by atoms with Gasteiger partial charge in [0.2, 0.25) is 11.8 Å². The Labute approximate surface area is 243 Å². The topological polar surface area (TPSA) is 44.9 Å².